The zero-order valence-electron chi connectivity index (χ0n) is 18.9. The van der Waals surface area contributed by atoms with E-state index in [9.17, 15) is 14.9 Å². The lowest BCUT2D eigenvalue weighted by molar-refractivity contribution is -0.139. The number of hydrogen-bond donors (Lipinski definition) is 0. The molecule has 0 bridgehead atoms. The van der Waals surface area contributed by atoms with Crippen LogP contribution in [0.4, 0.5) is 0 Å². The van der Waals surface area contributed by atoms with Crippen molar-refractivity contribution in [1.29, 1.82) is 5.26 Å². The fourth-order valence-corrected chi connectivity index (χ4v) is 3.59. The molecule has 32 heavy (non-hydrogen) atoms. The predicted octanol–water partition coefficient (Wildman–Crippen LogP) is 4.53. The highest BCUT2D eigenvalue weighted by atomic mass is 16.5. The maximum absolute atomic E-state index is 12.6. The van der Waals surface area contributed by atoms with Gasteiger partial charge < -0.3 is 18.5 Å². The van der Waals surface area contributed by atoms with Crippen molar-refractivity contribution in [2.75, 3.05) is 7.11 Å². The van der Waals surface area contributed by atoms with E-state index in [2.05, 4.69) is 18.4 Å². The van der Waals surface area contributed by atoms with Gasteiger partial charge in [0.05, 0.1) is 7.11 Å². The van der Waals surface area contributed by atoms with E-state index in [0.717, 1.165) is 23.5 Å². The molecule has 0 saturated heterocycles. The Morgan fingerprint density at radius 3 is 2.66 bits per heavy atom. The van der Waals surface area contributed by atoms with Crippen molar-refractivity contribution in [3.8, 4) is 11.8 Å². The summed E-state index contributed by atoms with van der Waals surface area (Å²) in [5.41, 5.74) is 2.99. The molecule has 7 nitrogen and oxygen atoms in total. The van der Waals surface area contributed by atoms with Gasteiger partial charge in [-0.3, -0.25) is 0 Å². The van der Waals surface area contributed by atoms with Gasteiger partial charge in [-0.05, 0) is 49.6 Å². The molecule has 0 aliphatic carbocycles. The third-order valence-electron chi connectivity index (χ3n) is 5.20. The molecule has 166 valence electrons. The number of aromatic nitrogens is 1. The van der Waals surface area contributed by atoms with E-state index in [1.54, 1.807) is 24.3 Å². The number of benzene rings is 1. The lowest BCUT2D eigenvalue weighted by atomic mass is 10.1. The molecular formula is C25H26N2O5. The number of rotatable bonds is 7. The van der Waals surface area contributed by atoms with Crippen LogP contribution in [-0.4, -0.2) is 17.6 Å². The third-order valence-corrected chi connectivity index (χ3v) is 5.20. The number of ether oxygens (including phenoxy) is 2. The Kier molecular flexibility index (Phi) is 6.84. The number of esters is 1. The molecule has 0 amide bonds. The quantitative estimate of drug-likeness (QED) is 0.235. The fourth-order valence-electron chi connectivity index (χ4n) is 3.59. The topological polar surface area (TPSA) is 94.5 Å². The summed E-state index contributed by atoms with van der Waals surface area (Å²) in [6.45, 7) is 8.92. The van der Waals surface area contributed by atoms with Crippen LogP contribution in [0.15, 0.2) is 45.1 Å². The van der Waals surface area contributed by atoms with Crippen molar-refractivity contribution in [3.63, 3.8) is 0 Å². The van der Waals surface area contributed by atoms with Crippen LogP contribution < -0.4 is 10.4 Å². The molecule has 0 fully saturated rings. The van der Waals surface area contributed by atoms with Crippen molar-refractivity contribution >= 4 is 23.0 Å². The smallest absolute Gasteiger partial charge is 0.349 e. The Morgan fingerprint density at radius 2 is 2.00 bits per heavy atom. The highest BCUT2D eigenvalue weighted by molar-refractivity contribution is 5.98. The average molecular weight is 434 g/mol. The average Bonchev–Trinajstić information content (AvgIpc) is 3.01. The van der Waals surface area contributed by atoms with Crippen LogP contribution in [0.5, 0.6) is 5.75 Å². The highest BCUT2D eigenvalue weighted by Gasteiger charge is 2.16. The summed E-state index contributed by atoms with van der Waals surface area (Å²) < 4.78 is 17.9. The number of carbonyl (C=O) groups is 1. The number of methoxy groups -OCH3 is 1. The van der Waals surface area contributed by atoms with Gasteiger partial charge in [0, 0.05) is 41.0 Å². The molecule has 1 aromatic carbocycles. The second kappa shape index (κ2) is 9.56. The molecule has 3 rings (SSSR count). The molecule has 0 unspecified atom stereocenters. The summed E-state index contributed by atoms with van der Waals surface area (Å²) in [6.07, 6.45) is 1.55. The van der Waals surface area contributed by atoms with Crippen molar-refractivity contribution in [3.05, 3.63) is 68.8 Å². The van der Waals surface area contributed by atoms with E-state index in [-0.39, 0.29) is 12.2 Å². The molecule has 0 aliphatic rings. The van der Waals surface area contributed by atoms with Crippen LogP contribution in [-0.2, 0) is 22.7 Å². The monoisotopic (exact) mass is 434 g/mol. The van der Waals surface area contributed by atoms with E-state index in [0.29, 0.717) is 28.2 Å². The first kappa shape index (κ1) is 22.9. The molecule has 2 heterocycles. The number of nitrogens with zero attached hydrogens (tertiary/aromatic N) is 2. The summed E-state index contributed by atoms with van der Waals surface area (Å²) in [5, 5.41) is 10.2. The molecule has 7 heteroatoms. The minimum absolute atomic E-state index is 0.108. The number of aryl methyl sites for hydroxylation is 1. The Morgan fingerprint density at radius 1 is 1.25 bits per heavy atom. The number of fused-ring (bicyclic) bond motifs is 1. The predicted molar refractivity (Wildman–Crippen MR) is 121 cm³/mol. The number of carbonyl (C=O) groups excluding carboxylic acids is 1. The van der Waals surface area contributed by atoms with Gasteiger partial charge in [-0.15, -0.1) is 0 Å². The van der Waals surface area contributed by atoms with Crippen LogP contribution in [0, 0.1) is 31.1 Å². The molecule has 0 radical (unpaired) electrons. The van der Waals surface area contributed by atoms with Gasteiger partial charge in [0.2, 0.25) is 0 Å². The standard InChI is InChI=1S/C25H26N2O5/c1-15(2)13-27-16(3)8-18(17(27)4)9-19(12-26)25(29)31-14-20-10-24(28)32-23-11-21(30-5)6-7-22(20)23/h6-11,15H,13-14H2,1-5H3. The minimum Gasteiger partial charge on any atom is -0.497 e. The Balaban J connectivity index is 1.84. The first-order chi connectivity index (χ1) is 15.2. The van der Waals surface area contributed by atoms with Crippen LogP contribution >= 0.6 is 0 Å². The fraction of sp³-hybridized carbons (Fsp3) is 0.320. The van der Waals surface area contributed by atoms with Gasteiger partial charge in [-0.2, -0.15) is 5.26 Å². The lowest BCUT2D eigenvalue weighted by Crippen LogP contribution is -2.09. The maximum Gasteiger partial charge on any atom is 0.349 e. The van der Waals surface area contributed by atoms with Gasteiger partial charge in [-0.25, -0.2) is 9.59 Å². The van der Waals surface area contributed by atoms with Crippen molar-refractivity contribution < 1.29 is 18.7 Å². The highest BCUT2D eigenvalue weighted by Crippen LogP contribution is 2.24. The Hall–Kier alpha value is -3.79. The zero-order chi connectivity index (χ0) is 23.4. The summed E-state index contributed by atoms with van der Waals surface area (Å²) in [6, 6.07) is 10.2. The van der Waals surface area contributed by atoms with Crippen LogP contribution in [0.2, 0.25) is 0 Å². The Labute approximate surface area is 186 Å². The molecule has 0 aliphatic heterocycles. The number of nitriles is 1. The third kappa shape index (κ3) is 4.92. The summed E-state index contributed by atoms with van der Waals surface area (Å²) in [5.74, 6) is 0.256. The molecule has 0 saturated carbocycles. The van der Waals surface area contributed by atoms with E-state index in [1.165, 1.54) is 13.2 Å². The molecule has 3 aromatic rings. The van der Waals surface area contributed by atoms with E-state index >= 15 is 0 Å². The van der Waals surface area contributed by atoms with Gasteiger partial charge in [-0.1, -0.05) is 13.8 Å². The minimum atomic E-state index is -0.754. The maximum atomic E-state index is 12.6. The number of hydrogen-bond acceptors (Lipinski definition) is 6. The second-order valence-electron chi connectivity index (χ2n) is 8.03. The SMILES string of the molecule is COc1ccc2c(COC(=O)C(C#N)=Cc3cc(C)n(CC(C)C)c3C)cc(=O)oc2c1. The summed E-state index contributed by atoms with van der Waals surface area (Å²) in [7, 11) is 1.51. The zero-order valence-corrected chi connectivity index (χ0v) is 18.9. The molecule has 0 N–H and O–H groups in total. The molecule has 0 spiro atoms. The van der Waals surface area contributed by atoms with Crippen molar-refractivity contribution in [2.45, 2.75) is 40.8 Å². The first-order valence-corrected chi connectivity index (χ1v) is 10.3. The van der Waals surface area contributed by atoms with Gasteiger partial charge >= 0.3 is 11.6 Å². The van der Waals surface area contributed by atoms with E-state index in [4.69, 9.17) is 13.9 Å². The molecular weight excluding hydrogens is 408 g/mol. The molecule has 0 atom stereocenters. The lowest BCUT2D eigenvalue weighted by Gasteiger charge is -2.12. The molecule has 2 aromatic heterocycles. The van der Waals surface area contributed by atoms with Crippen LogP contribution in [0.1, 0.15) is 36.4 Å². The van der Waals surface area contributed by atoms with Crippen molar-refractivity contribution in [2.24, 2.45) is 5.92 Å². The summed E-state index contributed by atoms with van der Waals surface area (Å²) in [4.78, 5) is 24.5. The summed E-state index contributed by atoms with van der Waals surface area (Å²) >= 11 is 0. The van der Waals surface area contributed by atoms with Gasteiger partial charge in [0.15, 0.2) is 0 Å². The van der Waals surface area contributed by atoms with Crippen LogP contribution in [0.3, 0.4) is 0 Å². The van der Waals surface area contributed by atoms with Gasteiger partial charge in [0.25, 0.3) is 0 Å². The largest absolute Gasteiger partial charge is 0.497 e. The van der Waals surface area contributed by atoms with Gasteiger partial charge in [0.1, 0.15) is 29.6 Å². The van der Waals surface area contributed by atoms with Crippen molar-refractivity contribution in [1.82, 2.24) is 4.57 Å². The Bertz CT molecular complexity index is 1290. The first-order valence-electron chi connectivity index (χ1n) is 10.3. The van der Waals surface area contributed by atoms with Crippen LogP contribution in [0.25, 0.3) is 17.0 Å². The normalized spacial score (nSPS) is 11.6. The van der Waals surface area contributed by atoms with E-state index < -0.39 is 11.6 Å². The second-order valence-corrected chi connectivity index (χ2v) is 8.03. The van der Waals surface area contributed by atoms with E-state index in [1.807, 2.05) is 26.0 Å².